The van der Waals surface area contributed by atoms with Crippen LogP contribution >= 0.6 is 11.6 Å². The van der Waals surface area contributed by atoms with Gasteiger partial charge in [0, 0.05) is 10.4 Å². The first-order chi connectivity index (χ1) is 7.05. The highest BCUT2D eigenvalue weighted by Crippen LogP contribution is 2.18. The molecule has 2 N–H and O–H groups in total. The van der Waals surface area contributed by atoms with Gasteiger partial charge in [0.2, 0.25) is 0 Å². The molecule has 0 atom stereocenters. The second-order valence-corrected chi connectivity index (χ2v) is 4.86. The zero-order valence-corrected chi connectivity index (χ0v) is 10.1. The molecule has 84 valence electrons. The fourth-order valence-corrected chi connectivity index (χ4v) is 1.30. The van der Waals surface area contributed by atoms with Gasteiger partial charge >= 0.3 is 0 Å². The number of hydrogen-bond donors (Lipinski definition) is 1. The van der Waals surface area contributed by atoms with Crippen LogP contribution in [0.4, 0.5) is 0 Å². The Morgan fingerprint density at radius 1 is 1.33 bits per heavy atom. The average Bonchev–Trinajstić information content (AvgIpc) is 2.21. The van der Waals surface area contributed by atoms with E-state index in [0.29, 0.717) is 19.8 Å². The van der Waals surface area contributed by atoms with Crippen LogP contribution in [-0.2, 0) is 11.3 Å². The van der Waals surface area contributed by atoms with Crippen molar-refractivity contribution < 1.29 is 4.74 Å². The van der Waals surface area contributed by atoms with Gasteiger partial charge in [-0.05, 0) is 18.2 Å². The molecule has 1 aromatic rings. The Hall–Kier alpha value is -0.570. The molecule has 0 aromatic heterocycles. The molecule has 1 rings (SSSR count). The van der Waals surface area contributed by atoms with Gasteiger partial charge in [-0.3, -0.25) is 0 Å². The zero-order chi connectivity index (χ0) is 11.3. The van der Waals surface area contributed by atoms with E-state index in [9.17, 15) is 0 Å². The van der Waals surface area contributed by atoms with Crippen LogP contribution < -0.4 is 5.73 Å². The number of ether oxygens (including phenoxy) is 1. The van der Waals surface area contributed by atoms with Crippen LogP contribution in [0.15, 0.2) is 24.3 Å². The Balaban J connectivity index is 2.42. The van der Waals surface area contributed by atoms with Crippen LogP contribution in [-0.4, -0.2) is 13.2 Å². The molecule has 0 aliphatic carbocycles. The molecule has 0 spiro atoms. The van der Waals surface area contributed by atoms with E-state index in [2.05, 4.69) is 13.8 Å². The minimum atomic E-state index is 0.0290. The second kappa shape index (κ2) is 5.50. The molecule has 15 heavy (non-hydrogen) atoms. The lowest BCUT2D eigenvalue weighted by Crippen LogP contribution is -2.28. The van der Waals surface area contributed by atoms with E-state index in [1.54, 1.807) is 0 Å². The summed E-state index contributed by atoms with van der Waals surface area (Å²) in [6.45, 7) is 5.98. The fraction of sp³-hybridized carbons (Fsp3) is 0.500. The van der Waals surface area contributed by atoms with Gasteiger partial charge in [-0.1, -0.05) is 43.6 Å². The standard InChI is InChI=1S/C12H18ClNO/c1-12(2,8-14)9-15-7-10-5-3-4-6-11(10)13/h3-6H,7-9,14H2,1-2H3. The first-order valence-electron chi connectivity index (χ1n) is 5.06. The van der Waals surface area contributed by atoms with E-state index in [0.717, 1.165) is 10.6 Å². The van der Waals surface area contributed by atoms with E-state index in [-0.39, 0.29) is 5.41 Å². The molecule has 0 aliphatic rings. The monoisotopic (exact) mass is 227 g/mol. The summed E-state index contributed by atoms with van der Waals surface area (Å²) in [5.74, 6) is 0. The quantitative estimate of drug-likeness (QED) is 0.840. The third kappa shape index (κ3) is 4.20. The molecule has 0 bridgehead atoms. The highest BCUT2D eigenvalue weighted by molar-refractivity contribution is 6.31. The number of nitrogens with two attached hydrogens (primary N) is 1. The number of rotatable bonds is 5. The molecule has 0 unspecified atom stereocenters. The van der Waals surface area contributed by atoms with Crippen molar-refractivity contribution in [2.45, 2.75) is 20.5 Å². The zero-order valence-electron chi connectivity index (χ0n) is 9.29. The van der Waals surface area contributed by atoms with Gasteiger partial charge in [-0.25, -0.2) is 0 Å². The normalized spacial score (nSPS) is 11.7. The maximum absolute atomic E-state index is 6.00. The number of hydrogen-bond acceptors (Lipinski definition) is 2. The molecule has 0 heterocycles. The van der Waals surface area contributed by atoms with Crippen LogP contribution in [0.25, 0.3) is 0 Å². The number of halogens is 1. The summed E-state index contributed by atoms with van der Waals surface area (Å²) in [6.07, 6.45) is 0. The number of benzene rings is 1. The summed E-state index contributed by atoms with van der Waals surface area (Å²) in [5.41, 5.74) is 6.66. The summed E-state index contributed by atoms with van der Waals surface area (Å²) in [4.78, 5) is 0. The summed E-state index contributed by atoms with van der Waals surface area (Å²) in [5, 5.41) is 0.753. The molecular formula is C12H18ClNO. The molecule has 0 aliphatic heterocycles. The lowest BCUT2D eigenvalue weighted by molar-refractivity contribution is 0.0554. The van der Waals surface area contributed by atoms with Gasteiger partial charge in [0.15, 0.2) is 0 Å². The van der Waals surface area contributed by atoms with Gasteiger partial charge in [0.1, 0.15) is 0 Å². The summed E-state index contributed by atoms with van der Waals surface area (Å²) in [6, 6.07) is 7.71. The SMILES string of the molecule is CC(C)(CN)COCc1ccccc1Cl. The van der Waals surface area contributed by atoms with Gasteiger partial charge in [0.05, 0.1) is 13.2 Å². The maximum atomic E-state index is 6.00. The van der Waals surface area contributed by atoms with Crippen LogP contribution in [0.3, 0.4) is 0 Å². The predicted molar refractivity (Wildman–Crippen MR) is 63.9 cm³/mol. The molecule has 0 radical (unpaired) electrons. The minimum absolute atomic E-state index is 0.0290. The van der Waals surface area contributed by atoms with Crippen molar-refractivity contribution >= 4 is 11.6 Å². The van der Waals surface area contributed by atoms with Crippen molar-refractivity contribution in [2.24, 2.45) is 11.1 Å². The van der Waals surface area contributed by atoms with E-state index in [4.69, 9.17) is 22.1 Å². The Labute approximate surface area is 96.4 Å². The van der Waals surface area contributed by atoms with Gasteiger partial charge in [-0.15, -0.1) is 0 Å². The van der Waals surface area contributed by atoms with Crippen molar-refractivity contribution in [3.63, 3.8) is 0 Å². The molecular weight excluding hydrogens is 210 g/mol. The highest BCUT2D eigenvalue weighted by atomic mass is 35.5. The molecule has 3 heteroatoms. The van der Waals surface area contributed by atoms with Crippen molar-refractivity contribution in [2.75, 3.05) is 13.2 Å². The first-order valence-corrected chi connectivity index (χ1v) is 5.44. The lowest BCUT2D eigenvalue weighted by Gasteiger charge is -2.22. The van der Waals surface area contributed by atoms with Crippen molar-refractivity contribution in [1.82, 2.24) is 0 Å². The average molecular weight is 228 g/mol. The Kier molecular flexibility index (Phi) is 4.58. The van der Waals surface area contributed by atoms with Crippen molar-refractivity contribution in [3.05, 3.63) is 34.9 Å². The Morgan fingerprint density at radius 3 is 2.60 bits per heavy atom. The van der Waals surface area contributed by atoms with Gasteiger partial charge in [0.25, 0.3) is 0 Å². The maximum Gasteiger partial charge on any atom is 0.0731 e. The second-order valence-electron chi connectivity index (χ2n) is 4.45. The van der Waals surface area contributed by atoms with E-state index in [1.165, 1.54) is 0 Å². The van der Waals surface area contributed by atoms with Crippen LogP contribution in [0.1, 0.15) is 19.4 Å². The molecule has 2 nitrogen and oxygen atoms in total. The van der Waals surface area contributed by atoms with Gasteiger partial charge in [-0.2, -0.15) is 0 Å². The predicted octanol–water partition coefficient (Wildman–Crippen LogP) is 2.84. The topological polar surface area (TPSA) is 35.2 Å². The molecule has 0 saturated carbocycles. The lowest BCUT2D eigenvalue weighted by atomic mass is 9.95. The third-order valence-electron chi connectivity index (χ3n) is 2.26. The van der Waals surface area contributed by atoms with Crippen molar-refractivity contribution in [3.8, 4) is 0 Å². The first kappa shape index (κ1) is 12.5. The van der Waals surface area contributed by atoms with E-state index >= 15 is 0 Å². The molecule has 0 amide bonds. The van der Waals surface area contributed by atoms with E-state index in [1.807, 2.05) is 24.3 Å². The van der Waals surface area contributed by atoms with Crippen LogP contribution in [0, 0.1) is 5.41 Å². The largest absolute Gasteiger partial charge is 0.376 e. The summed E-state index contributed by atoms with van der Waals surface area (Å²) < 4.78 is 5.59. The smallest absolute Gasteiger partial charge is 0.0731 e. The molecule has 1 aromatic carbocycles. The minimum Gasteiger partial charge on any atom is -0.376 e. The third-order valence-corrected chi connectivity index (χ3v) is 2.63. The van der Waals surface area contributed by atoms with Gasteiger partial charge < -0.3 is 10.5 Å². The Morgan fingerprint density at radius 2 is 2.00 bits per heavy atom. The highest BCUT2D eigenvalue weighted by Gasteiger charge is 2.15. The summed E-state index contributed by atoms with van der Waals surface area (Å²) >= 11 is 6.00. The Bertz CT molecular complexity index is 312. The van der Waals surface area contributed by atoms with Crippen LogP contribution in [0.2, 0.25) is 5.02 Å². The summed E-state index contributed by atoms with van der Waals surface area (Å²) in [7, 11) is 0. The molecule has 0 saturated heterocycles. The van der Waals surface area contributed by atoms with Crippen molar-refractivity contribution in [1.29, 1.82) is 0 Å². The fourth-order valence-electron chi connectivity index (χ4n) is 1.11. The van der Waals surface area contributed by atoms with E-state index < -0.39 is 0 Å². The van der Waals surface area contributed by atoms with Crippen LogP contribution in [0.5, 0.6) is 0 Å². The molecule has 0 fully saturated rings.